The van der Waals surface area contributed by atoms with Crippen LogP contribution in [0, 0.1) is 6.92 Å². The first kappa shape index (κ1) is 11.6. The molecular weight excluding hydrogens is 186 g/mol. The molecule has 0 spiro atoms. The molecule has 2 heteroatoms. The summed E-state index contributed by atoms with van der Waals surface area (Å²) >= 11 is 0. The number of hydrogen-bond acceptors (Lipinski definition) is 2. The maximum atomic E-state index is 5.49. The van der Waals surface area contributed by atoms with Crippen molar-refractivity contribution in [1.82, 2.24) is 0 Å². The van der Waals surface area contributed by atoms with Gasteiger partial charge in [0, 0.05) is 6.54 Å². The van der Waals surface area contributed by atoms with Crippen molar-refractivity contribution in [1.29, 1.82) is 0 Å². The number of para-hydroxylation sites is 1. The second-order valence-corrected chi connectivity index (χ2v) is 3.93. The molecule has 0 radical (unpaired) electrons. The zero-order valence-electron chi connectivity index (χ0n) is 9.76. The van der Waals surface area contributed by atoms with Crippen molar-refractivity contribution in [2.75, 3.05) is 18.5 Å². The molecule has 0 saturated carbocycles. The lowest BCUT2D eigenvalue weighted by Crippen LogP contribution is -2.18. The summed E-state index contributed by atoms with van der Waals surface area (Å²) in [4.78, 5) is 0. The Hall–Kier alpha value is -1.44. The summed E-state index contributed by atoms with van der Waals surface area (Å²) < 4.78 is 5.49. The predicted octanol–water partition coefficient (Wildman–Crippen LogP) is 3.38. The smallest absolute Gasteiger partial charge is 0.145 e. The van der Waals surface area contributed by atoms with Gasteiger partial charge in [0.1, 0.15) is 12.4 Å². The summed E-state index contributed by atoms with van der Waals surface area (Å²) in [6.45, 7) is 11.3. The second-order valence-electron chi connectivity index (χ2n) is 3.93. The predicted molar refractivity (Wildman–Crippen MR) is 65.7 cm³/mol. The molecule has 0 fully saturated rings. The van der Waals surface area contributed by atoms with E-state index in [9.17, 15) is 0 Å². The molecule has 0 saturated heterocycles. The molecule has 1 aliphatic heterocycles. The highest BCUT2D eigenvalue weighted by Gasteiger charge is 2.09. The SMILES string of the molecule is C=C(C)C.Cc1cccc2c1OCCN2. The lowest BCUT2D eigenvalue weighted by Gasteiger charge is -2.20. The number of aryl methyl sites for hydroxylation is 1. The van der Waals surface area contributed by atoms with E-state index in [0.29, 0.717) is 0 Å². The molecule has 1 aromatic carbocycles. The average Bonchev–Trinajstić information content (AvgIpc) is 2.18. The van der Waals surface area contributed by atoms with E-state index in [1.807, 2.05) is 26.0 Å². The molecule has 1 heterocycles. The third-order valence-corrected chi connectivity index (χ3v) is 1.88. The second kappa shape index (κ2) is 5.44. The van der Waals surface area contributed by atoms with Gasteiger partial charge in [-0.25, -0.2) is 0 Å². The zero-order valence-corrected chi connectivity index (χ0v) is 9.76. The average molecular weight is 205 g/mol. The Morgan fingerprint density at radius 2 is 2.07 bits per heavy atom. The lowest BCUT2D eigenvalue weighted by molar-refractivity contribution is 0.321. The molecule has 0 aromatic heterocycles. The molecule has 1 aliphatic rings. The number of rotatable bonds is 0. The molecule has 0 bridgehead atoms. The summed E-state index contributed by atoms with van der Waals surface area (Å²) in [5.74, 6) is 1.01. The molecule has 15 heavy (non-hydrogen) atoms. The van der Waals surface area contributed by atoms with Crippen LogP contribution in [0.5, 0.6) is 5.75 Å². The van der Waals surface area contributed by atoms with Gasteiger partial charge in [0.05, 0.1) is 5.69 Å². The van der Waals surface area contributed by atoms with E-state index in [1.165, 1.54) is 11.1 Å². The summed E-state index contributed by atoms with van der Waals surface area (Å²) in [5, 5.41) is 3.28. The van der Waals surface area contributed by atoms with Crippen molar-refractivity contribution in [3.8, 4) is 5.75 Å². The molecule has 1 aromatic rings. The highest BCUT2D eigenvalue weighted by molar-refractivity contribution is 5.60. The van der Waals surface area contributed by atoms with Gasteiger partial charge in [-0.05, 0) is 32.4 Å². The molecule has 1 N–H and O–H groups in total. The first-order valence-electron chi connectivity index (χ1n) is 5.19. The molecular formula is C13H19NO. The third-order valence-electron chi connectivity index (χ3n) is 1.88. The summed E-state index contributed by atoms with van der Waals surface area (Å²) in [7, 11) is 0. The van der Waals surface area contributed by atoms with E-state index >= 15 is 0 Å². The number of ether oxygens (including phenoxy) is 1. The highest BCUT2D eigenvalue weighted by Crippen LogP contribution is 2.29. The van der Waals surface area contributed by atoms with E-state index < -0.39 is 0 Å². The van der Waals surface area contributed by atoms with Crippen molar-refractivity contribution >= 4 is 5.69 Å². The molecule has 82 valence electrons. The molecule has 0 aliphatic carbocycles. The van der Waals surface area contributed by atoms with Gasteiger partial charge in [0.2, 0.25) is 0 Å². The van der Waals surface area contributed by atoms with Crippen LogP contribution in [-0.2, 0) is 0 Å². The largest absolute Gasteiger partial charge is 0.489 e. The van der Waals surface area contributed by atoms with E-state index in [2.05, 4.69) is 24.9 Å². The van der Waals surface area contributed by atoms with Gasteiger partial charge in [-0.15, -0.1) is 6.58 Å². The quantitative estimate of drug-likeness (QED) is 0.655. The number of nitrogens with one attached hydrogen (secondary N) is 1. The highest BCUT2D eigenvalue weighted by atomic mass is 16.5. The summed E-state index contributed by atoms with van der Waals surface area (Å²) in [6, 6.07) is 6.14. The van der Waals surface area contributed by atoms with Crippen molar-refractivity contribution in [3.05, 3.63) is 35.9 Å². The lowest BCUT2D eigenvalue weighted by atomic mass is 10.2. The normalized spacial score (nSPS) is 12.5. The standard InChI is InChI=1S/C9H11NO.C4H8/c1-7-3-2-4-8-9(7)11-6-5-10-8;1-4(2)3/h2-4,10H,5-6H2,1H3;1H2,2-3H3. The summed E-state index contributed by atoms with van der Waals surface area (Å²) in [5.41, 5.74) is 3.49. The van der Waals surface area contributed by atoms with Crippen LogP contribution >= 0.6 is 0 Å². The molecule has 2 rings (SSSR count). The number of fused-ring (bicyclic) bond motifs is 1. The zero-order chi connectivity index (χ0) is 11.3. The molecule has 0 amide bonds. The summed E-state index contributed by atoms with van der Waals surface area (Å²) in [6.07, 6.45) is 0. The minimum Gasteiger partial charge on any atom is -0.489 e. The van der Waals surface area contributed by atoms with Gasteiger partial charge in [-0.1, -0.05) is 17.7 Å². The number of anilines is 1. The Morgan fingerprint density at radius 3 is 2.67 bits per heavy atom. The fourth-order valence-corrected chi connectivity index (χ4v) is 1.32. The Balaban J connectivity index is 0.000000245. The van der Waals surface area contributed by atoms with Gasteiger partial charge < -0.3 is 10.1 Å². The van der Waals surface area contributed by atoms with Crippen LogP contribution in [0.25, 0.3) is 0 Å². The van der Waals surface area contributed by atoms with Crippen molar-refractivity contribution in [2.24, 2.45) is 0 Å². The van der Waals surface area contributed by atoms with E-state index in [0.717, 1.165) is 24.6 Å². The first-order valence-corrected chi connectivity index (χ1v) is 5.19. The fraction of sp³-hybridized carbons (Fsp3) is 0.385. The Bertz CT molecular complexity index is 340. The molecule has 2 nitrogen and oxygen atoms in total. The van der Waals surface area contributed by atoms with Crippen molar-refractivity contribution < 1.29 is 4.74 Å². The number of allylic oxidation sites excluding steroid dienone is 1. The van der Waals surface area contributed by atoms with Gasteiger partial charge in [0.15, 0.2) is 0 Å². The van der Waals surface area contributed by atoms with E-state index in [-0.39, 0.29) is 0 Å². The van der Waals surface area contributed by atoms with Crippen LogP contribution in [0.15, 0.2) is 30.4 Å². The maximum Gasteiger partial charge on any atom is 0.145 e. The first-order chi connectivity index (χ1) is 7.11. The van der Waals surface area contributed by atoms with Crippen LogP contribution in [0.4, 0.5) is 5.69 Å². The molecule has 0 unspecified atom stereocenters. The molecule has 0 atom stereocenters. The topological polar surface area (TPSA) is 21.3 Å². The minimum atomic E-state index is 0.776. The van der Waals surface area contributed by atoms with Crippen LogP contribution < -0.4 is 10.1 Å². The van der Waals surface area contributed by atoms with Crippen LogP contribution in [0.1, 0.15) is 19.4 Å². The van der Waals surface area contributed by atoms with Gasteiger partial charge in [-0.2, -0.15) is 0 Å². The van der Waals surface area contributed by atoms with Crippen LogP contribution in [0.3, 0.4) is 0 Å². The number of hydrogen-bond donors (Lipinski definition) is 1. The fourth-order valence-electron chi connectivity index (χ4n) is 1.32. The van der Waals surface area contributed by atoms with Crippen molar-refractivity contribution in [3.63, 3.8) is 0 Å². The minimum absolute atomic E-state index is 0.776. The van der Waals surface area contributed by atoms with E-state index in [4.69, 9.17) is 4.74 Å². The number of benzene rings is 1. The van der Waals surface area contributed by atoms with E-state index in [1.54, 1.807) is 0 Å². The Kier molecular flexibility index (Phi) is 4.22. The third kappa shape index (κ3) is 3.66. The van der Waals surface area contributed by atoms with Crippen LogP contribution in [0.2, 0.25) is 0 Å². The Morgan fingerprint density at radius 1 is 1.40 bits per heavy atom. The Labute approximate surface area is 92.0 Å². The van der Waals surface area contributed by atoms with Gasteiger partial charge in [0.25, 0.3) is 0 Å². The van der Waals surface area contributed by atoms with Crippen LogP contribution in [-0.4, -0.2) is 13.2 Å². The van der Waals surface area contributed by atoms with Gasteiger partial charge >= 0.3 is 0 Å². The van der Waals surface area contributed by atoms with Crippen molar-refractivity contribution in [2.45, 2.75) is 20.8 Å². The van der Waals surface area contributed by atoms with Gasteiger partial charge in [-0.3, -0.25) is 0 Å². The maximum absolute atomic E-state index is 5.49. The monoisotopic (exact) mass is 205 g/mol.